The van der Waals surface area contributed by atoms with E-state index >= 15 is 0 Å². The highest BCUT2D eigenvalue weighted by Crippen LogP contribution is 2.38. The predicted octanol–water partition coefficient (Wildman–Crippen LogP) is 3.30. The number of carbonyl (C=O) groups excluding carboxylic acids is 3. The van der Waals surface area contributed by atoms with Crippen molar-refractivity contribution in [3.05, 3.63) is 70.8 Å². The van der Waals surface area contributed by atoms with Gasteiger partial charge in [-0.15, -0.1) is 0 Å². The van der Waals surface area contributed by atoms with Crippen LogP contribution in [0.5, 0.6) is 0 Å². The molecule has 0 spiro atoms. The molecule has 2 aromatic carbocycles. The van der Waals surface area contributed by atoms with Crippen LogP contribution in [0.15, 0.2) is 48.5 Å². The first-order valence-corrected chi connectivity index (χ1v) is 11.5. The van der Waals surface area contributed by atoms with E-state index in [9.17, 15) is 24.3 Å². The fourth-order valence-electron chi connectivity index (χ4n) is 5.63. The molecule has 2 aliphatic heterocycles. The van der Waals surface area contributed by atoms with Gasteiger partial charge in [-0.05, 0) is 42.5 Å². The van der Waals surface area contributed by atoms with E-state index in [0.717, 1.165) is 24.0 Å². The summed E-state index contributed by atoms with van der Waals surface area (Å²) in [5.41, 5.74) is 2.75. The third kappa shape index (κ3) is 3.61. The van der Waals surface area contributed by atoms with Gasteiger partial charge in [0.15, 0.2) is 0 Å². The number of imide groups is 1. The molecule has 0 aromatic heterocycles. The molecule has 3 atom stereocenters. The molecule has 3 aliphatic rings. The average molecular weight is 447 g/mol. The highest BCUT2D eigenvalue weighted by molar-refractivity contribution is 6.21. The summed E-state index contributed by atoms with van der Waals surface area (Å²) in [6, 6.07) is 14.0. The number of amides is 3. The summed E-state index contributed by atoms with van der Waals surface area (Å²) < 4.78 is 0. The predicted molar refractivity (Wildman–Crippen MR) is 119 cm³/mol. The Balaban J connectivity index is 1.48. The lowest BCUT2D eigenvalue weighted by molar-refractivity contribution is -0.153. The van der Waals surface area contributed by atoms with E-state index in [1.165, 1.54) is 4.90 Å². The maximum atomic E-state index is 13.7. The van der Waals surface area contributed by atoms with Gasteiger partial charge in [-0.25, -0.2) is 0 Å². The van der Waals surface area contributed by atoms with Crippen LogP contribution in [0, 0.1) is 11.8 Å². The van der Waals surface area contributed by atoms with Gasteiger partial charge in [-0.1, -0.05) is 49.2 Å². The van der Waals surface area contributed by atoms with Crippen LogP contribution < -0.4 is 0 Å². The van der Waals surface area contributed by atoms with Crippen molar-refractivity contribution < 1.29 is 24.3 Å². The Kier molecular flexibility index (Phi) is 5.48. The zero-order valence-electron chi connectivity index (χ0n) is 18.3. The minimum Gasteiger partial charge on any atom is -0.481 e. The summed E-state index contributed by atoms with van der Waals surface area (Å²) in [5, 5.41) is 9.71. The van der Waals surface area contributed by atoms with E-state index in [1.54, 1.807) is 29.2 Å². The first-order chi connectivity index (χ1) is 16.0. The Morgan fingerprint density at radius 1 is 0.879 bits per heavy atom. The molecule has 0 saturated heterocycles. The minimum absolute atomic E-state index is 0.0551. The second kappa shape index (κ2) is 8.46. The quantitative estimate of drug-likeness (QED) is 0.727. The normalized spacial score (nSPS) is 24.4. The zero-order valence-corrected chi connectivity index (χ0v) is 18.3. The van der Waals surface area contributed by atoms with Crippen molar-refractivity contribution in [1.29, 1.82) is 0 Å². The van der Waals surface area contributed by atoms with E-state index in [-0.39, 0.29) is 24.3 Å². The number of hydrogen-bond donors (Lipinski definition) is 1. The second-order valence-electron chi connectivity index (χ2n) is 9.10. The van der Waals surface area contributed by atoms with Gasteiger partial charge in [-0.3, -0.25) is 24.1 Å². The van der Waals surface area contributed by atoms with Crippen LogP contribution in [0.4, 0.5) is 0 Å². The van der Waals surface area contributed by atoms with Crippen LogP contribution in [0.1, 0.15) is 63.6 Å². The standard InChI is InChI=1S/C26H26N2O5/c29-23(20-11-5-6-12-21(20)26(32)33)27-14-13-16-7-1-2-8-17(16)22(27)15-28-24(30)18-9-3-4-10-19(18)25(28)31/h1-4,7-10,20-22H,5-6,11-15H2,(H,32,33)/t20-,21+,22+/m0/s1. The van der Waals surface area contributed by atoms with Crippen LogP contribution in [0.25, 0.3) is 0 Å². The third-order valence-corrected chi connectivity index (χ3v) is 7.33. The molecule has 3 amide bonds. The SMILES string of the molecule is O=C(O)[C@@H]1CCCC[C@@H]1C(=O)N1CCc2ccccc2[C@H]1CN1C(=O)c2ccccc2C1=O. The molecular formula is C26H26N2O5. The maximum absolute atomic E-state index is 13.7. The van der Waals surface area contributed by atoms with Crippen molar-refractivity contribution in [3.8, 4) is 0 Å². The second-order valence-corrected chi connectivity index (χ2v) is 9.10. The lowest BCUT2D eigenvalue weighted by Crippen LogP contribution is -2.50. The van der Waals surface area contributed by atoms with Gasteiger partial charge < -0.3 is 10.0 Å². The maximum Gasteiger partial charge on any atom is 0.307 e. The number of carboxylic acids is 1. The topological polar surface area (TPSA) is 95.0 Å². The minimum atomic E-state index is -0.928. The molecule has 1 fully saturated rings. The third-order valence-electron chi connectivity index (χ3n) is 7.33. The van der Waals surface area contributed by atoms with Crippen molar-refractivity contribution in [2.45, 2.75) is 38.1 Å². The van der Waals surface area contributed by atoms with Gasteiger partial charge in [-0.2, -0.15) is 0 Å². The van der Waals surface area contributed by atoms with Crippen molar-refractivity contribution in [3.63, 3.8) is 0 Å². The molecule has 33 heavy (non-hydrogen) atoms. The largest absolute Gasteiger partial charge is 0.481 e. The van der Waals surface area contributed by atoms with Gasteiger partial charge in [0, 0.05) is 6.54 Å². The van der Waals surface area contributed by atoms with Crippen molar-refractivity contribution in [1.82, 2.24) is 9.80 Å². The number of benzene rings is 2. The average Bonchev–Trinajstić information content (AvgIpc) is 3.08. The molecule has 7 nitrogen and oxygen atoms in total. The van der Waals surface area contributed by atoms with Gasteiger partial charge in [0.1, 0.15) is 0 Å². The first-order valence-electron chi connectivity index (χ1n) is 11.5. The number of aliphatic carboxylic acids is 1. The Bertz CT molecular complexity index is 1110. The molecule has 1 N–H and O–H groups in total. The summed E-state index contributed by atoms with van der Waals surface area (Å²) in [5.74, 6) is -3.09. The Hall–Kier alpha value is -3.48. The first kappa shape index (κ1) is 21.4. The van der Waals surface area contributed by atoms with E-state index in [4.69, 9.17) is 0 Å². The van der Waals surface area contributed by atoms with Crippen LogP contribution in [0.3, 0.4) is 0 Å². The van der Waals surface area contributed by atoms with Crippen molar-refractivity contribution in [2.75, 3.05) is 13.1 Å². The number of nitrogens with zero attached hydrogens (tertiary/aromatic N) is 2. The molecule has 5 rings (SSSR count). The van der Waals surface area contributed by atoms with E-state index in [0.29, 0.717) is 36.9 Å². The summed E-state index contributed by atoms with van der Waals surface area (Å²) in [6.07, 6.45) is 3.34. The van der Waals surface area contributed by atoms with Gasteiger partial charge >= 0.3 is 5.97 Å². The Labute approximate surface area is 192 Å². The number of carbonyl (C=O) groups is 4. The van der Waals surface area contributed by atoms with Crippen molar-refractivity contribution in [2.24, 2.45) is 11.8 Å². The number of carboxylic acid groups (broad SMARTS) is 1. The van der Waals surface area contributed by atoms with Gasteiger partial charge in [0.2, 0.25) is 5.91 Å². The molecule has 1 saturated carbocycles. The van der Waals surface area contributed by atoms with E-state index < -0.39 is 23.8 Å². The molecule has 0 unspecified atom stereocenters. The molecule has 0 radical (unpaired) electrons. The van der Waals surface area contributed by atoms with Crippen LogP contribution >= 0.6 is 0 Å². The lowest BCUT2D eigenvalue weighted by atomic mass is 9.77. The van der Waals surface area contributed by atoms with Gasteiger partial charge in [0.25, 0.3) is 11.8 Å². The fraction of sp³-hybridized carbons (Fsp3) is 0.385. The smallest absolute Gasteiger partial charge is 0.307 e. The molecular weight excluding hydrogens is 420 g/mol. The molecule has 0 bridgehead atoms. The Morgan fingerprint density at radius 2 is 1.48 bits per heavy atom. The molecule has 1 aliphatic carbocycles. The number of rotatable bonds is 4. The zero-order chi connectivity index (χ0) is 23.1. The molecule has 7 heteroatoms. The van der Waals surface area contributed by atoms with Crippen LogP contribution in [-0.4, -0.2) is 51.7 Å². The summed E-state index contributed by atoms with van der Waals surface area (Å²) >= 11 is 0. The highest BCUT2D eigenvalue weighted by atomic mass is 16.4. The number of fused-ring (bicyclic) bond motifs is 2. The summed E-state index contributed by atoms with van der Waals surface area (Å²) in [7, 11) is 0. The molecule has 2 heterocycles. The van der Waals surface area contributed by atoms with E-state index in [2.05, 4.69) is 0 Å². The van der Waals surface area contributed by atoms with E-state index in [1.807, 2.05) is 24.3 Å². The van der Waals surface area contributed by atoms with Crippen molar-refractivity contribution >= 4 is 23.7 Å². The molecule has 2 aromatic rings. The van der Waals surface area contributed by atoms with Gasteiger partial charge in [0.05, 0.1) is 35.5 Å². The fourth-order valence-corrected chi connectivity index (χ4v) is 5.63. The molecule has 170 valence electrons. The summed E-state index contributed by atoms with van der Waals surface area (Å²) in [6.45, 7) is 0.492. The highest BCUT2D eigenvalue weighted by Gasteiger charge is 2.44. The monoisotopic (exact) mass is 446 g/mol. The summed E-state index contributed by atoms with van der Waals surface area (Å²) in [4.78, 5) is 54.6. The Morgan fingerprint density at radius 3 is 2.15 bits per heavy atom. The lowest BCUT2D eigenvalue weighted by Gasteiger charge is -2.42. The number of hydrogen-bond acceptors (Lipinski definition) is 4. The van der Waals surface area contributed by atoms with Crippen LogP contribution in [-0.2, 0) is 16.0 Å². The van der Waals surface area contributed by atoms with Crippen LogP contribution in [0.2, 0.25) is 0 Å².